The van der Waals surface area contributed by atoms with E-state index in [1.165, 1.54) is 0 Å². The van der Waals surface area contributed by atoms with Crippen molar-refractivity contribution in [2.75, 3.05) is 47.1 Å². The number of aliphatic hydroxyl groups is 2. The molecule has 1 unspecified atom stereocenters. The van der Waals surface area contributed by atoms with E-state index in [1.807, 2.05) is 24.4 Å². The molecule has 3 aliphatic rings. The maximum Gasteiger partial charge on any atom is 0.225 e. The Kier molecular flexibility index (Phi) is 11.2. The molecular weight excluding hydrogens is 510 g/mol. The van der Waals surface area contributed by atoms with Gasteiger partial charge in [0.2, 0.25) is 5.91 Å². The highest BCUT2D eigenvalue weighted by atomic mass is 16.5. The molecule has 2 fully saturated rings. The molecule has 0 aromatic heterocycles. The minimum absolute atomic E-state index is 0.0275. The maximum absolute atomic E-state index is 13.5. The van der Waals surface area contributed by atoms with Gasteiger partial charge in [-0.3, -0.25) is 14.7 Å². The minimum Gasteiger partial charge on any atom is -0.493 e. The number of carbonyl (C=O) groups is 1. The van der Waals surface area contributed by atoms with Crippen molar-refractivity contribution in [2.45, 2.75) is 83.2 Å². The summed E-state index contributed by atoms with van der Waals surface area (Å²) >= 11 is 0. The molecule has 9 heteroatoms. The van der Waals surface area contributed by atoms with E-state index in [4.69, 9.17) is 14.2 Å². The van der Waals surface area contributed by atoms with E-state index >= 15 is 0 Å². The van der Waals surface area contributed by atoms with Crippen molar-refractivity contribution in [2.24, 2.45) is 22.7 Å². The van der Waals surface area contributed by atoms with Gasteiger partial charge in [0.15, 0.2) is 11.5 Å². The molecule has 224 valence electrons. The normalized spacial score (nSPS) is 25.4. The summed E-state index contributed by atoms with van der Waals surface area (Å²) in [6, 6.07) is 6.02. The van der Waals surface area contributed by atoms with Gasteiger partial charge in [0, 0.05) is 75.8 Å². The lowest BCUT2D eigenvalue weighted by atomic mass is 9.86. The number of carbonyl (C=O) groups excluding carboxylic acids is 1. The van der Waals surface area contributed by atoms with Gasteiger partial charge in [0.05, 0.1) is 19.8 Å². The van der Waals surface area contributed by atoms with Crippen LogP contribution in [0.2, 0.25) is 0 Å². The van der Waals surface area contributed by atoms with E-state index in [-0.39, 0.29) is 35.8 Å². The quantitative estimate of drug-likeness (QED) is 0.250. The molecule has 1 aliphatic heterocycles. The van der Waals surface area contributed by atoms with Gasteiger partial charge in [-0.15, -0.1) is 0 Å². The Morgan fingerprint density at radius 2 is 1.80 bits per heavy atom. The zero-order valence-corrected chi connectivity index (χ0v) is 24.7. The van der Waals surface area contributed by atoms with Gasteiger partial charge < -0.3 is 29.3 Å². The lowest BCUT2D eigenvalue weighted by Crippen LogP contribution is -2.46. The number of aliphatic imine (C=N–C) groups is 1. The van der Waals surface area contributed by atoms with E-state index in [9.17, 15) is 15.0 Å². The third-order valence-corrected chi connectivity index (χ3v) is 8.63. The minimum atomic E-state index is -0.822. The summed E-state index contributed by atoms with van der Waals surface area (Å²) in [7, 11) is 3.28. The summed E-state index contributed by atoms with van der Waals surface area (Å²) in [6.07, 6.45) is 6.84. The average Bonchev–Trinajstić information content (AvgIpc) is 3.70. The molecular formula is C31H49N3O6. The molecule has 1 aromatic rings. The second-order valence-electron chi connectivity index (χ2n) is 11.9. The largest absolute Gasteiger partial charge is 0.493 e. The summed E-state index contributed by atoms with van der Waals surface area (Å²) < 4.78 is 16.6. The Labute approximate surface area is 239 Å². The highest BCUT2D eigenvalue weighted by Gasteiger charge is 2.40. The zero-order chi connectivity index (χ0) is 28.6. The molecule has 2 saturated carbocycles. The summed E-state index contributed by atoms with van der Waals surface area (Å²) in [5.41, 5.74) is 0.747. The third kappa shape index (κ3) is 7.96. The predicted octanol–water partition coefficient (Wildman–Crippen LogP) is 3.67. The number of amides is 1. The fraction of sp³-hybridized carbons (Fsp3) is 0.742. The fourth-order valence-corrected chi connectivity index (χ4v) is 5.97. The Balaban J connectivity index is 1.42. The van der Waals surface area contributed by atoms with Crippen LogP contribution in [0.4, 0.5) is 0 Å². The van der Waals surface area contributed by atoms with Crippen LogP contribution in [-0.2, 0) is 9.53 Å². The van der Waals surface area contributed by atoms with Crippen LogP contribution >= 0.6 is 0 Å². The van der Waals surface area contributed by atoms with Gasteiger partial charge >= 0.3 is 0 Å². The van der Waals surface area contributed by atoms with Crippen molar-refractivity contribution >= 4 is 12.1 Å². The van der Waals surface area contributed by atoms with E-state index < -0.39 is 6.23 Å². The number of hydrogen-bond donors (Lipinski definition) is 2. The van der Waals surface area contributed by atoms with Crippen LogP contribution in [0, 0.1) is 17.8 Å². The topological polar surface area (TPSA) is 104 Å². The number of methoxy groups -OCH3 is 2. The van der Waals surface area contributed by atoms with Crippen LogP contribution in [0.25, 0.3) is 0 Å². The third-order valence-electron chi connectivity index (χ3n) is 8.63. The molecule has 40 heavy (non-hydrogen) atoms. The number of ether oxygens (including phenoxy) is 3. The Morgan fingerprint density at radius 1 is 1.05 bits per heavy atom. The van der Waals surface area contributed by atoms with Crippen LogP contribution in [0.5, 0.6) is 11.5 Å². The summed E-state index contributed by atoms with van der Waals surface area (Å²) in [6.45, 7) is 7.34. The SMILES string of the molecule is COCCCOc1cc(C(O)N(C[C@@H]2C=NC[C@H]2CN(C(=O)C2CCC(O)CC2)C2CC2)C(C)C)ccc1OC. The molecule has 1 heterocycles. The molecule has 1 aromatic carbocycles. The molecule has 4 rings (SSSR count). The smallest absolute Gasteiger partial charge is 0.225 e. The molecule has 9 nitrogen and oxygen atoms in total. The Bertz CT molecular complexity index is 976. The van der Waals surface area contributed by atoms with E-state index in [0.29, 0.717) is 50.4 Å². The second kappa shape index (κ2) is 14.6. The van der Waals surface area contributed by atoms with Crippen molar-refractivity contribution in [3.05, 3.63) is 23.8 Å². The lowest BCUT2D eigenvalue weighted by Gasteiger charge is -2.37. The number of benzene rings is 1. The molecule has 0 radical (unpaired) electrons. The highest BCUT2D eigenvalue weighted by molar-refractivity contribution is 5.79. The highest BCUT2D eigenvalue weighted by Crippen LogP contribution is 2.36. The maximum atomic E-state index is 13.5. The second-order valence-corrected chi connectivity index (χ2v) is 11.9. The first-order chi connectivity index (χ1) is 19.3. The fourth-order valence-electron chi connectivity index (χ4n) is 5.97. The molecule has 1 amide bonds. The summed E-state index contributed by atoms with van der Waals surface area (Å²) in [5, 5.41) is 21.4. The van der Waals surface area contributed by atoms with Gasteiger partial charge in [0.1, 0.15) is 6.23 Å². The van der Waals surface area contributed by atoms with E-state index in [1.54, 1.807) is 14.2 Å². The van der Waals surface area contributed by atoms with Crippen LogP contribution in [0.3, 0.4) is 0 Å². The molecule has 2 aliphatic carbocycles. The first-order valence-corrected chi connectivity index (χ1v) is 15.0. The van der Waals surface area contributed by atoms with Gasteiger partial charge in [-0.25, -0.2) is 0 Å². The number of hydrogen-bond acceptors (Lipinski definition) is 8. The Morgan fingerprint density at radius 3 is 2.45 bits per heavy atom. The van der Waals surface area contributed by atoms with Gasteiger partial charge in [-0.2, -0.15) is 0 Å². The lowest BCUT2D eigenvalue weighted by molar-refractivity contribution is -0.138. The first-order valence-electron chi connectivity index (χ1n) is 15.0. The van der Waals surface area contributed by atoms with Crippen molar-refractivity contribution < 1.29 is 29.2 Å². The molecule has 0 saturated heterocycles. The first kappa shape index (κ1) is 30.8. The monoisotopic (exact) mass is 559 g/mol. The van der Waals surface area contributed by atoms with Gasteiger partial charge in [-0.05, 0) is 70.1 Å². The molecule has 0 bridgehead atoms. The number of rotatable bonds is 15. The van der Waals surface area contributed by atoms with Gasteiger partial charge in [0.25, 0.3) is 0 Å². The van der Waals surface area contributed by atoms with Crippen LogP contribution in [0.1, 0.15) is 70.6 Å². The van der Waals surface area contributed by atoms with Crippen molar-refractivity contribution in [1.82, 2.24) is 9.80 Å². The van der Waals surface area contributed by atoms with Crippen molar-refractivity contribution in [1.29, 1.82) is 0 Å². The van der Waals surface area contributed by atoms with Crippen LogP contribution < -0.4 is 9.47 Å². The zero-order valence-electron chi connectivity index (χ0n) is 24.7. The van der Waals surface area contributed by atoms with Gasteiger partial charge in [-0.1, -0.05) is 6.07 Å². The number of aliphatic hydroxyl groups excluding tert-OH is 2. The van der Waals surface area contributed by atoms with Crippen molar-refractivity contribution in [3.63, 3.8) is 0 Å². The van der Waals surface area contributed by atoms with E-state index in [0.717, 1.165) is 50.5 Å². The Hall–Kier alpha value is -2.20. The standard InChI is InChI=1S/C31H49N3O6/c1-21(2)33(31(37)23-8-13-28(39-4)29(16-23)40-15-5-14-38-3)19-24-17-32-18-25(24)20-34(26-9-10-26)30(36)22-6-11-27(35)12-7-22/h8,13,16-17,21-22,24-27,31,35,37H,5-7,9-12,14-15,18-20H2,1-4H3/t22?,24-,25-,27?,31?/m0/s1. The molecule has 3 atom stereocenters. The summed E-state index contributed by atoms with van der Waals surface area (Å²) in [5.74, 6) is 1.89. The molecule has 2 N–H and O–H groups in total. The predicted molar refractivity (Wildman–Crippen MR) is 155 cm³/mol. The summed E-state index contributed by atoms with van der Waals surface area (Å²) in [4.78, 5) is 22.4. The van der Waals surface area contributed by atoms with E-state index in [2.05, 4.69) is 28.6 Å². The number of nitrogens with zero attached hydrogens (tertiary/aromatic N) is 3. The average molecular weight is 560 g/mol. The van der Waals surface area contributed by atoms with Crippen LogP contribution in [0.15, 0.2) is 23.2 Å². The van der Waals surface area contributed by atoms with Crippen LogP contribution in [-0.4, -0.2) is 97.4 Å². The van der Waals surface area contributed by atoms with Crippen molar-refractivity contribution in [3.8, 4) is 11.5 Å². The molecule has 0 spiro atoms.